The Balaban J connectivity index is 3.14. The largest absolute Gasteiger partial charge is 0.305 e. The molecule has 1 aromatic carbocycles. The molecule has 0 atom stereocenters. The summed E-state index contributed by atoms with van der Waals surface area (Å²) in [5, 5.41) is 0. The molecular weight excluding hydrogens is 200 g/mol. The van der Waals surface area contributed by atoms with Crippen LogP contribution in [0.25, 0.3) is 0 Å². The van der Waals surface area contributed by atoms with Crippen molar-refractivity contribution in [3.8, 4) is 0 Å². The van der Waals surface area contributed by atoms with Crippen LogP contribution in [0.4, 0.5) is 8.78 Å². The molecule has 0 fully saturated rings. The first-order valence-electron chi connectivity index (χ1n) is 4.55. The Morgan fingerprint density at radius 1 is 1.27 bits per heavy atom. The van der Waals surface area contributed by atoms with Crippen molar-refractivity contribution in [1.82, 2.24) is 4.90 Å². The molecule has 4 heteroatoms. The minimum atomic E-state index is -0.792. The third-order valence-corrected chi connectivity index (χ3v) is 1.95. The fraction of sp³-hybridized carbons (Fsp3) is 0.364. The van der Waals surface area contributed by atoms with Gasteiger partial charge in [0, 0.05) is 6.54 Å². The Morgan fingerprint density at radius 3 is 2.07 bits per heavy atom. The fourth-order valence-corrected chi connectivity index (χ4v) is 1.42. The lowest BCUT2D eigenvalue weighted by Crippen LogP contribution is -2.12. The monoisotopic (exact) mass is 213 g/mol. The van der Waals surface area contributed by atoms with E-state index in [1.807, 2.05) is 0 Å². The minimum Gasteiger partial charge on any atom is -0.305 e. The van der Waals surface area contributed by atoms with Crippen molar-refractivity contribution in [3.05, 3.63) is 34.9 Å². The number of hydrogen-bond donors (Lipinski definition) is 0. The van der Waals surface area contributed by atoms with Gasteiger partial charge in [0.1, 0.15) is 11.6 Å². The lowest BCUT2D eigenvalue weighted by molar-refractivity contribution is 0.101. The highest BCUT2D eigenvalue weighted by atomic mass is 19.1. The number of benzene rings is 1. The first-order valence-corrected chi connectivity index (χ1v) is 4.55. The molecule has 0 N–H and O–H groups in total. The molecule has 0 aliphatic heterocycles. The van der Waals surface area contributed by atoms with Gasteiger partial charge < -0.3 is 4.90 Å². The number of hydrogen-bond acceptors (Lipinski definition) is 2. The van der Waals surface area contributed by atoms with E-state index in [0.29, 0.717) is 12.1 Å². The van der Waals surface area contributed by atoms with Crippen molar-refractivity contribution in [2.75, 3.05) is 14.1 Å². The van der Waals surface area contributed by atoms with Crippen molar-refractivity contribution < 1.29 is 13.6 Å². The molecule has 0 radical (unpaired) electrons. The summed E-state index contributed by atoms with van der Waals surface area (Å²) in [6.07, 6.45) is 0. The van der Waals surface area contributed by atoms with Gasteiger partial charge in [0.15, 0.2) is 5.78 Å². The van der Waals surface area contributed by atoms with E-state index >= 15 is 0 Å². The zero-order chi connectivity index (χ0) is 11.6. The Labute approximate surface area is 87.5 Å². The van der Waals surface area contributed by atoms with Crippen LogP contribution in [-0.4, -0.2) is 24.8 Å². The van der Waals surface area contributed by atoms with Crippen molar-refractivity contribution in [3.63, 3.8) is 0 Å². The third-order valence-electron chi connectivity index (χ3n) is 1.95. The molecule has 0 aliphatic carbocycles. The molecule has 1 aromatic rings. The number of carbonyl (C=O) groups is 1. The standard InChI is InChI=1S/C11H13F2NO/c1-7(15)11-9(12)4-8(5-10(11)13)6-14(2)3/h4-5H,6H2,1-3H3. The van der Waals surface area contributed by atoms with Gasteiger partial charge in [0.05, 0.1) is 5.56 Å². The number of carbonyl (C=O) groups excluding carboxylic acids is 1. The second-order valence-corrected chi connectivity index (χ2v) is 3.73. The molecule has 1 rings (SSSR count). The molecule has 15 heavy (non-hydrogen) atoms. The summed E-state index contributed by atoms with van der Waals surface area (Å²) in [6.45, 7) is 1.58. The predicted octanol–water partition coefficient (Wildman–Crippen LogP) is 2.23. The molecule has 0 spiro atoms. The Hall–Kier alpha value is -1.29. The minimum absolute atomic E-state index is 0.437. The zero-order valence-electron chi connectivity index (χ0n) is 8.97. The Bertz CT molecular complexity index is 365. The van der Waals surface area contributed by atoms with Crippen LogP contribution in [0.3, 0.4) is 0 Å². The molecule has 82 valence electrons. The Morgan fingerprint density at radius 2 is 1.73 bits per heavy atom. The number of halogens is 2. The average Bonchev–Trinajstić information content (AvgIpc) is 1.99. The van der Waals surface area contributed by atoms with E-state index in [2.05, 4.69) is 0 Å². The predicted molar refractivity (Wildman–Crippen MR) is 53.8 cm³/mol. The first-order chi connectivity index (χ1) is 6.91. The maximum absolute atomic E-state index is 13.3. The summed E-state index contributed by atoms with van der Waals surface area (Å²) >= 11 is 0. The van der Waals surface area contributed by atoms with Crippen LogP contribution in [-0.2, 0) is 6.54 Å². The highest BCUT2D eigenvalue weighted by Crippen LogP contribution is 2.16. The molecule has 0 aliphatic rings. The van der Waals surface area contributed by atoms with Crippen LogP contribution < -0.4 is 0 Å². The van der Waals surface area contributed by atoms with E-state index in [0.717, 1.165) is 6.92 Å². The van der Waals surface area contributed by atoms with Gasteiger partial charge in [-0.2, -0.15) is 0 Å². The van der Waals surface area contributed by atoms with Crippen molar-refractivity contribution in [2.45, 2.75) is 13.5 Å². The van der Waals surface area contributed by atoms with Gasteiger partial charge >= 0.3 is 0 Å². The summed E-state index contributed by atoms with van der Waals surface area (Å²) in [4.78, 5) is 12.7. The summed E-state index contributed by atoms with van der Waals surface area (Å²) in [5.41, 5.74) is 0.0532. The van der Waals surface area contributed by atoms with Crippen LogP contribution in [0.2, 0.25) is 0 Å². The quantitative estimate of drug-likeness (QED) is 0.717. The molecule has 0 saturated heterocycles. The topological polar surface area (TPSA) is 20.3 Å². The van der Waals surface area contributed by atoms with Crippen LogP contribution in [0.15, 0.2) is 12.1 Å². The fourth-order valence-electron chi connectivity index (χ4n) is 1.42. The van der Waals surface area contributed by atoms with Gasteiger partial charge in [-0.25, -0.2) is 8.78 Å². The van der Waals surface area contributed by atoms with E-state index in [-0.39, 0.29) is 0 Å². The normalized spacial score (nSPS) is 10.8. The summed E-state index contributed by atoms with van der Waals surface area (Å²) in [7, 11) is 3.60. The summed E-state index contributed by atoms with van der Waals surface area (Å²) in [6, 6.07) is 2.39. The van der Waals surface area contributed by atoms with Crippen LogP contribution in [0, 0.1) is 11.6 Å². The summed E-state index contributed by atoms with van der Waals surface area (Å²) in [5.74, 6) is -2.18. The van der Waals surface area contributed by atoms with Crippen LogP contribution in [0.1, 0.15) is 22.8 Å². The molecule has 0 aromatic heterocycles. The smallest absolute Gasteiger partial charge is 0.165 e. The highest BCUT2D eigenvalue weighted by molar-refractivity contribution is 5.94. The van der Waals surface area contributed by atoms with Gasteiger partial charge in [-0.3, -0.25) is 4.79 Å². The molecule has 0 unspecified atom stereocenters. The van der Waals surface area contributed by atoms with E-state index in [9.17, 15) is 13.6 Å². The van der Waals surface area contributed by atoms with E-state index in [1.165, 1.54) is 12.1 Å². The highest BCUT2D eigenvalue weighted by Gasteiger charge is 2.15. The maximum Gasteiger partial charge on any atom is 0.165 e. The van der Waals surface area contributed by atoms with Gasteiger partial charge in [0.2, 0.25) is 0 Å². The zero-order valence-corrected chi connectivity index (χ0v) is 8.97. The maximum atomic E-state index is 13.3. The van der Waals surface area contributed by atoms with Crippen molar-refractivity contribution in [1.29, 1.82) is 0 Å². The van der Waals surface area contributed by atoms with Crippen molar-refractivity contribution in [2.24, 2.45) is 0 Å². The lowest BCUT2D eigenvalue weighted by Gasteiger charge is -2.11. The third kappa shape index (κ3) is 2.83. The second-order valence-electron chi connectivity index (χ2n) is 3.73. The summed E-state index contributed by atoms with van der Waals surface area (Å²) < 4.78 is 26.7. The number of nitrogens with zero attached hydrogens (tertiary/aromatic N) is 1. The second kappa shape index (κ2) is 4.49. The van der Waals surface area contributed by atoms with Gasteiger partial charge in [-0.1, -0.05) is 0 Å². The molecule has 0 bridgehead atoms. The SMILES string of the molecule is CC(=O)c1c(F)cc(CN(C)C)cc1F. The molecule has 0 amide bonds. The lowest BCUT2D eigenvalue weighted by atomic mass is 10.1. The molecule has 2 nitrogen and oxygen atoms in total. The number of rotatable bonds is 3. The van der Waals surface area contributed by atoms with Gasteiger partial charge in [-0.05, 0) is 38.7 Å². The molecule has 0 heterocycles. The van der Waals surface area contributed by atoms with Crippen LogP contribution in [0.5, 0.6) is 0 Å². The Kier molecular flexibility index (Phi) is 3.52. The van der Waals surface area contributed by atoms with Crippen molar-refractivity contribution >= 4 is 5.78 Å². The number of ketones is 1. The van der Waals surface area contributed by atoms with Crippen LogP contribution >= 0.6 is 0 Å². The number of Topliss-reactive ketones (excluding diaryl/α,β-unsaturated/α-hetero) is 1. The van der Waals surface area contributed by atoms with Gasteiger partial charge in [-0.15, -0.1) is 0 Å². The first kappa shape index (κ1) is 11.8. The average molecular weight is 213 g/mol. The van der Waals surface area contributed by atoms with E-state index < -0.39 is 23.0 Å². The molecular formula is C11H13F2NO. The van der Waals surface area contributed by atoms with E-state index in [1.54, 1.807) is 19.0 Å². The molecule has 0 saturated carbocycles. The van der Waals surface area contributed by atoms with Gasteiger partial charge in [0.25, 0.3) is 0 Å². The van der Waals surface area contributed by atoms with E-state index in [4.69, 9.17) is 0 Å².